The molecule has 2 aromatic rings. The van der Waals surface area contributed by atoms with Crippen molar-refractivity contribution >= 4 is 16.5 Å². The zero-order chi connectivity index (χ0) is 15.4. The van der Waals surface area contributed by atoms with E-state index in [4.69, 9.17) is 9.15 Å². The van der Waals surface area contributed by atoms with Crippen molar-refractivity contribution in [3.8, 4) is 5.75 Å². The van der Waals surface area contributed by atoms with E-state index in [1.165, 1.54) is 4.57 Å². The van der Waals surface area contributed by atoms with Gasteiger partial charge in [-0.25, -0.2) is 9.59 Å². The molecule has 21 heavy (non-hydrogen) atoms. The van der Waals surface area contributed by atoms with Gasteiger partial charge in [-0.15, -0.1) is 0 Å². The molecule has 110 valence electrons. The lowest BCUT2D eigenvalue weighted by molar-refractivity contribution is 0.337. The fourth-order valence-electron chi connectivity index (χ4n) is 3.02. The second-order valence-corrected chi connectivity index (χ2v) is 5.77. The summed E-state index contributed by atoms with van der Waals surface area (Å²) >= 11 is 0. The van der Waals surface area contributed by atoms with E-state index >= 15 is 0 Å². The maximum atomic E-state index is 12.1. The van der Waals surface area contributed by atoms with Crippen LogP contribution in [0.3, 0.4) is 0 Å². The fraction of sp³-hybridized carbons (Fsp3) is 0.375. The Morgan fingerprint density at radius 2 is 2.00 bits per heavy atom. The van der Waals surface area contributed by atoms with Crippen molar-refractivity contribution in [2.75, 3.05) is 6.61 Å². The Hall–Kier alpha value is -2.30. The van der Waals surface area contributed by atoms with E-state index in [0.29, 0.717) is 23.3 Å². The van der Waals surface area contributed by atoms with E-state index in [2.05, 4.69) is 0 Å². The Labute approximate surface area is 121 Å². The molecule has 0 bridgehead atoms. The minimum absolute atomic E-state index is 0.371. The summed E-state index contributed by atoms with van der Waals surface area (Å²) in [5.41, 5.74) is 1.29. The van der Waals surface area contributed by atoms with Crippen LogP contribution in [0.5, 0.6) is 5.75 Å². The zero-order valence-corrected chi connectivity index (χ0v) is 12.5. The Bertz CT molecular complexity index is 884. The van der Waals surface area contributed by atoms with Gasteiger partial charge in [0.1, 0.15) is 5.75 Å². The molecule has 0 unspecified atom stereocenters. The SMILES string of the molecule is CCOc1cc2c3c(c1)c(=O)oc(=O)n3C(C)(C)C=C2C. The molecular weight excluding hydrogens is 270 g/mol. The van der Waals surface area contributed by atoms with E-state index in [1.54, 1.807) is 6.07 Å². The van der Waals surface area contributed by atoms with Gasteiger partial charge in [-0.3, -0.25) is 4.57 Å². The highest BCUT2D eigenvalue weighted by molar-refractivity contribution is 5.93. The molecule has 0 saturated heterocycles. The minimum atomic E-state index is -0.633. The van der Waals surface area contributed by atoms with E-state index in [-0.39, 0.29) is 0 Å². The van der Waals surface area contributed by atoms with Gasteiger partial charge < -0.3 is 9.15 Å². The van der Waals surface area contributed by atoms with E-state index < -0.39 is 16.9 Å². The van der Waals surface area contributed by atoms with Gasteiger partial charge in [0.15, 0.2) is 0 Å². The summed E-state index contributed by atoms with van der Waals surface area (Å²) in [4.78, 5) is 24.2. The molecule has 1 aliphatic rings. The van der Waals surface area contributed by atoms with Crippen LogP contribution in [-0.4, -0.2) is 11.2 Å². The standard InChI is InChI=1S/C16H17NO4/c1-5-20-10-6-11-9(2)8-16(3,4)17-13(11)12(7-10)14(18)21-15(17)19/h6-8H,5H2,1-4H3. The van der Waals surface area contributed by atoms with Gasteiger partial charge in [-0.2, -0.15) is 0 Å². The number of nitrogens with zero attached hydrogens (tertiary/aromatic N) is 1. The minimum Gasteiger partial charge on any atom is -0.494 e. The molecule has 5 nitrogen and oxygen atoms in total. The van der Waals surface area contributed by atoms with Crippen molar-refractivity contribution in [2.45, 2.75) is 33.2 Å². The van der Waals surface area contributed by atoms with Crippen LogP contribution >= 0.6 is 0 Å². The van der Waals surface area contributed by atoms with Crippen LogP contribution in [0.4, 0.5) is 0 Å². The van der Waals surface area contributed by atoms with Crippen LogP contribution in [0.2, 0.25) is 0 Å². The van der Waals surface area contributed by atoms with Crippen LogP contribution in [0.15, 0.2) is 32.2 Å². The van der Waals surface area contributed by atoms with Crippen molar-refractivity contribution in [3.63, 3.8) is 0 Å². The third-order valence-electron chi connectivity index (χ3n) is 3.77. The molecule has 0 spiro atoms. The average Bonchev–Trinajstić information content (AvgIpc) is 2.37. The number of ether oxygens (including phenoxy) is 1. The predicted octanol–water partition coefficient (Wildman–Crippen LogP) is 2.51. The van der Waals surface area contributed by atoms with Gasteiger partial charge >= 0.3 is 11.4 Å². The van der Waals surface area contributed by atoms with Crippen LogP contribution in [0.25, 0.3) is 16.5 Å². The lowest BCUT2D eigenvalue weighted by atomic mass is 9.91. The second kappa shape index (κ2) is 4.35. The van der Waals surface area contributed by atoms with Crippen LogP contribution in [-0.2, 0) is 5.54 Å². The quantitative estimate of drug-likeness (QED) is 0.851. The molecule has 0 fully saturated rings. The normalized spacial score (nSPS) is 15.9. The van der Waals surface area contributed by atoms with Gasteiger partial charge in [0.25, 0.3) is 0 Å². The molecule has 1 aromatic carbocycles. The van der Waals surface area contributed by atoms with Crippen molar-refractivity contribution in [1.82, 2.24) is 4.57 Å². The highest BCUT2D eigenvalue weighted by atomic mass is 16.5. The first-order valence-corrected chi connectivity index (χ1v) is 6.92. The predicted molar refractivity (Wildman–Crippen MR) is 80.9 cm³/mol. The van der Waals surface area contributed by atoms with E-state index in [0.717, 1.165) is 11.1 Å². The molecule has 5 heteroatoms. The monoisotopic (exact) mass is 287 g/mol. The van der Waals surface area contributed by atoms with Crippen molar-refractivity contribution in [3.05, 3.63) is 44.7 Å². The molecule has 0 radical (unpaired) electrons. The molecule has 1 aromatic heterocycles. The number of allylic oxidation sites excluding steroid dienone is 2. The maximum absolute atomic E-state index is 12.1. The van der Waals surface area contributed by atoms with Crippen LogP contribution < -0.4 is 16.1 Å². The largest absolute Gasteiger partial charge is 0.494 e. The van der Waals surface area contributed by atoms with Gasteiger partial charge in [0.05, 0.1) is 23.0 Å². The number of benzene rings is 1. The molecule has 0 atom stereocenters. The molecular formula is C16H17NO4. The van der Waals surface area contributed by atoms with Crippen molar-refractivity contribution in [1.29, 1.82) is 0 Å². The molecule has 0 amide bonds. The number of hydrogen-bond donors (Lipinski definition) is 0. The molecule has 0 N–H and O–H groups in total. The summed E-state index contributed by atoms with van der Waals surface area (Å²) in [5.74, 6) is -0.0309. The summed E-state index contributed by atoms with van der Waals surface area (Å²) in [6, 6.07) is 3.50. The zero-order valence-electron chi connectivity index (χ0n) is 12.5. The number of rotatable bonds is 2. The summed E-state index contributed by atoms with van der Waals surface area (Å²) in [7, 11) is 0. The Balaban J connectivity index is 2.55. The van der Waals surface area contributed by atoms with Gasteiger partial charge in [-0.05, 0) is 45.4 Å². The van der Waals surface area contributed by atoms with E-state index in [1.807, 2.05) is 39.8 Å². The van der Waals surface area contributed by atoms with Gasteiger partial charge in [0, 0.05) is 5.56 Å². The Morgan fingerprint density at radius 3 is 2.67 bits per heavy atom. The third kappa shape index (κ3) is 1.92. The highest BCUT2D eigenvalue weighted by Gasteiger charge is 2.30. The topological polar surface area (TPSA) is 61.4 Å². The van der Waals surface area contributed by atoms with Gasteiger partial charge in [0.2, 0.25) is 0 Å². The first kappa shape index (κ1) is 13.7. The molecule has 0 saturated carbocycles. The Kier molecular flexibility index (Phi) is 2.83. The van der Waals surface area contributed by atoms with E-state index in [9.17, 15) is 9.59 Å². The van der Waals surface area contributed by atoms with Crippen molar-refractivity contribution < 1.29 is 9.15 Å². The summed E-state index contributed by atoms with van der Waals surface area (Å²) in [5, 5.41) is 0.371. The average molecular weight is 287 g/mol. The first-order chi connectivity index (χ1) is 9.85. The van der Waals surface area contributed by atoms with Crippen LogP contribution in [0, 0.1) is 0 Å². The molecule has 2 heterocycles. The maximum Gasteiger partial charge on any atom is 0.423 e. The summed E-state index contributed by atoms with van der Waals surface area (Å²) in [6.07, 6.45) is 1.99. The first-order valence-electron chi connectivity index (χ1n) is 6.92. The smallest absolute Gasteiger partial charge is 0.423 e. The third-order valence-corrected chi connectivity index (χ3v) is 3.77. The molecule has 3 rings (SSSR count). The van der Waals surface area contributed by atoms with Gasteiger partial charge in [-0.1, -0.05) is 6.08 Å². The fourth-order valence-corrected chi connectivity index (χ4v) is 3.02. The second-order valence-electron chi connectivity index (χ2n) is 5.77. The van der Waals surface area contributed by atoms with Crippen molar-refractivity contribution in [2.24, 2.45) is 0 Å². The number of aromatic nitrogens is 1. The molecule has 1 aliphatic heterocycles. The number of hydrogen-bond acceptors (Lipinski definition) is 4. The van der Waals surface area contributed by atoms with Crippen LogP contribution in [0.1, 0.15) is 33.3 Å². The Morgan fingerprint density at radius 1 is 1.29 bits per heavy atom. The molecule has 0 aliphatic carbocycles. The summed E-state index contributed by atoms with van der Waals surface area (Å²) < 4.78 is 11.9. The lowest BCUT2D eigenvalue weighted by Gasteiger charge is -2.31. The summed E-state index contributed by atoms with van der Waals surface area (Å²) in [6.45, 7) is 8.18. The lowest BCUT2D eigenvalue weighted by Crippen LogP contribution is -2.39. The highest BCUT2D eigenvalue weighted by Crippen LogP contribution is 2.36.